The molecule has 0 aliphatic carbocycles. The molecule has 1 heterocycles. The summed E-state index contributed by atoms with van der Waals surface area (Å²) in [6.45, 7) is 4.37. The van der Waals surface area contributed by atoms with Crippen LogP contribution in [0, 0.1) is 0 Å². The van der Waals surface area contributed by atoms with Gasteiger partial charge in [-0.2, -0.15) is 0 Å². The van der Waals surface area contributed by atoms with Gasteiger partial charge in [0.25, 0.3) is 0 Å². The van der Waals surface area contributed by atoms with E-state index in [0.29, 0.717) is 38.2 Å². The summed E-state index contributed by atoms with van der Waals surface area (Å²) in [6.07, 6.45) is 1.79. The molecule has 134 valence electrons. The molecular formula is C18H13Cl4N3S. The van der Waals surface area contributed by atoms with Gasteiger partial charge in [0.15, 0.2) is 11.0 Å². The van der Waals surface area contributed by atoms with Crippen LogP contribution >= 0.6 is 58.2 Å². The molecule has 26 heavy (non-hydrogen) atoms. The van der Waals surface area contributed by atoms with Gasteiger partial charge in [-0.1, -0.05) is 70.3 Å². The normalized spacial score (nSPS) is 10.9. The van der Waals surface area contributed by atoms with Gasteiger partial charge in [-0.25, -0.2) is 0 Å². The van der Waals surface area contributed by atoms with Crippen LogP contribution in [0.25, 0.3) is 11.4 Å². The fraction of sp³-hybridized carbons (Fsp3) is 0.111. The Morgan fingerprint density at radius 1 is 0.962 bits per heavy atom. The lowest BCUT2D eigenvalue weighted by atomic mass is 10.2. The third kappa shape index (κ3) is 4.21. The van der Waals surface area contributed by atoms with E-state index in [-0.39, 0.29) is 0 Å². The van der Waals surface area contributed by atoms with Crippen LogP contribution in [0.4, 0.5) is 0 Å². The van der Waals surface area contributed by atoms with Crippen LogP contribution in [-0.4, -0.2) is 14.8 Å². The number of aromatic nitrogens is 3. The number of thioether (sulfide) groups is 1. The van der Waals surface area contributed by atoms with Crippen molar-refractivity contribution in [2.24, 2.45) is 0 Å². The van der Waals surface area contributed by atoms with E-state index in [4.69, 9.17) is 46.4 Å². The monoisotopic (exact) mass is 443 g/mol. The number of hydrogen-bond acceptors (Lipinski definition) is 3. The second kappa shape index (κ2) is 8.68. The van der Waals surface area contributed by atoms with Gasteiger partial charge in [0, 0.05) is 27.9 Å². The molecule has 1 aromatic heterocycles. The summed E-state index contributed by atoms with van der Waals surface area (Å²) >= 11 is 26.1. The molecule has 3 rings (SSSR count). The van der Waals surface area contributed by atoms with Gasteiger partial charge < -0.3 is 0 Å². The van der Waals surface area contributed by atoms with Crippen molar-refractivity contribution in [3.8, 4) is 11.4 Å². The second-order valence-corrected chi connectivity index (χ2v) is 7.89. The van der Waals surface area contributed by atoms with Crippen molar-refractivity contribution in [2.75, 3.05) is 0 Å². The van der Waals surface area contributed by atoms with Crippen molar-refractivity contribution in [2.45, 2.75) is 17.5 Å². The molecule has 0 radical (unpaired) electrons. The Kier molecular flexibility index (Phi) is 6.54. The van der Waals surface area contributed by atoms with Crippen LogP contribution in [0.3, 0.4) is 0 Å². The van der Waals surface area contributed by atoms with Crippen LogP contribution in [0.5, 0.6) is 0 Å². The van der Waals surface area contributed by atoms with Crippen LogP contribution in [0.15, 0.2) is 54.2 Å². The van der Waals surface area contributed by atoms with Crippen LogP contribution in [0.1, 0.15) is 5.56 Å². The molecule has 0 aliphatic heterocycles. The van der Waals surface area contributed by atoms with Crippen LogP contribution < -0.4 is 0 Å². The van der Waals surface area contributed by atoms with E-state index < -0.39 is 0 Å². The van der Waals surface area contributed by atoms with Gasteiger partial charge in [0.2, 0.25) is 0 Å². The summed E-state index contributed by atoms with van der Waals surface area (Å²) < 4.78 is 1.96. The van der Waals surface area contributed by atoms with Gasteiger partial charge >= 0.3 is 0 Å². The summed E-state index contributed by atoms with van der Waals surface area (Å²) in [5, 5.41) is 11.6. The minimum Gasteiger partial charge on any atom is -0.298 e. The predicted molar refractivity (Wildman–Crippen MR) is 112 cm³/mol. The maximum atomic E-state index is 6.25. The first-order valence-electron chi connectivity index (χ1n) is 7.56. The standard InChI is InChI=1S/C18H13Cl4N3S/c1-2-8-25-17(11-6-7-15(21)16(22)9-11)23-24-18(25)26-10-12-13(19)4-3-5-14(12)20/h2-7,9H,1,8,10H2. The molecule has 0 amide bonds. The fourth-order valence-corrected chi connectivity index (χ4v) is 4.33. The Bertz CT molecular complexity index is 935. The van der Waals surface area contributed by atoms with Gasteiger partial charge in [-0.05, 0) is 35.9 Å². The molecule has 0 saturated carbocycles. The minimum absolute atomic E-state index is 0.467. The van der Waals surface area contributed by atoms with Crippen molar-refractivity contribution in [3.05, 3.63) is 74.7 Å². The largest absolute Gasteiger partial charge is 0.298 e. The summed E-state index contributed by atoms with van der Waals surface area (Å²) in [4.78, 5) is 0. The zero-order valence-corrected chi connectivity index (χ0v) is 17.3. The first kappa shape index (κ1) is 19.6. The molecule has 0 aliphatic rings. The highest BCUT2D eigenvalue weighted by Crippen LogP contribution is 2.33. The zero-order chi connectivity index (χ0) is 18.7. The number of rotatable bonds is 6. The van der Waals surface area contributed by atoms with Gasteiger partial charge in [0.05, 0.1) is 10.0 Å². The highest BCUT2D eigenvalue weighted by atomic mass is 35.5. The third-order valence-electron chi connectivity index (χ3n) is 3.61. The van der Waals surface area contributed by atoms with E-state index in [1.54, 1.807) is 18.2 Å². The quantitative estimate of drug-likeness (QED) is 0.301. The molecule has 0 unspecified atom stereocenters. The first-order valence-corrected chi connectivity index (χ1v) is 10.1. The number of allylic oxidation sites excluding steroid dienone is 1. The molecule has 0 bridgehead atoms. The van der Waals surface area contributed by atoms with E-state index in [2.05, 4.69) is 16.8 Å². The average Bonchev–Trinajstić information content (AvgIpc) is 3.00. The van der Waals surface area contributed by atoms with Crippen LogP contribution in [0.2, 0.25) is 20.1 Å². The Morgan fingerprint density at radius 3 is 2.35 bits per heavy atom. The van der Waals surface area contributed by atoms with Crippen molar-refractivity contribution in [3.63, 3.8) is 0 Å². The maximum Gasteiger partial charge on any atom is 0.192 e. The molecule has 0 spiro atoms. The van der Waals surface area contributed by atoms with E-state index in [1.807, 2.05) is 28.8 Å². The molecule has 2 aromatic carbocycles. The minimum atomic E-state index is 0.467. The van der Waals surface area contributed by atoms with Gasteiger partial charge in [0.1, 0.15) is 0 Å². The number of hydrogen-bond donors (Lipinski definition) is 0. The lowest BCUT2D eigenvalue weighted by Crippen LogP contribution is -2.01. The molecule has 3 nitrogen and oxygen atoms in total. The Morgan fingerprint density at radius 2 is 1.69 bits per heavy atom. The lowest BCUT2D eigenvalue weighted by Gasteiger charge is -2.09. The summed E-state index contributed by atoms with van der Waals surface area (Å²) in [5.74, 6) is 1.27. The molecule has 0 atom stereocenters. The number of nitrogens with zero attached hydrogens (tertiary/aromatic N) is 3. The average molecular weight is 445 g/mol. The molecule has 0 saturated heterocycles. The Hall–Kier alpha value is -1.17. The van der Waals surface area contributed by atoms with E-state index in [1.165, 1.54) is 11.8 Å². The Balaban J connectivity index is 1.92. The van der Waals surface area contributed by atoms with Gasteiger partial charge in [-0.15, -0.1) is 16.8 Å². The zero-order valence-electron chi connectivity index (χ0n) is 13.4. The molecular weight excluding hydrogens is 432 g/mol. The summed E-state index contributed by atoms with van der Waals surface area (Å²) in [6, 6.07) is 10.8. The topological polar surface area (TPSA) is 30.7 Å². The van der Waals surface area contributed by atoms with Gasteiger partial charge in [-0.3, -0.25) is 4.57 Å². The molecule has 8 heteroatoms. The Labute approximate surface area is 175 Å². The molecule has 0 fully saturated rings. The third-order valence-corrected chi connectivity index (χ3v) is 6.05. The smallest absolute Gasteiger partial charge is 0.192 e. The summed E-state index contributed by atoms with van der Waals surface area (Å²) in [7, 11) is 0. The van der Waals surface area contributed by atoms with Crippen molar-refractivity contribution < 1.29 is 0 Å². The SMILES string of the molecule is C=CCn1c(SCc2c(Cl)cccc2Cl)nnc1-c1ccc(Cl)c(Cl)c1. The first-order chi connectivity index (χ1) is 12.5. The fourth-order valence-electron chi connectivity index (χ4n) is 2.34. The van der Waals surface area contributed by atoms with E-state index in [9.17, 15) is 0 Å². The number of halogens is 4. The van der Waals surface area contributed by atoms with Crippen molar-refractivity contribution in [1.29, 1.82) is 0 Å². The van der Waals surface area contributed by atoms with Crippen LogP contribution in [-0.2, 0) is 12.3 Å². The molecule has 0 N–H and O–H groups in total. The number of benzene rings is 2. The van der Waals surface area contributed by atoms with E-state index >= 15 is 0 Å². The molecule has 3 aromatic rings. The lowest BCUT2D eigenvalue weighted by molar-refractivity contribution is 0.731. The maximum absolute atomic E-state index is 6.25. The van der Waals surface area contributed by atoms with Crippen molar-refractivity contribution in [1.82, 2.24) is 14.8 Å². The van der Waals surface area contributed by atoms with Crippen molar-refractivity contribution >= 4 is 58.2 Å². The highest BCUT2D eigenvalue weighted by molar-refractivity contribution is 7.98. The highest BCUT2D eigenvalue weighted by Gasteiger charge is 2.16. The van der Waals surface area contributed by atoms with E-state index in [0.717, 1.165) is 16.3 Å². The predicted octanol–water partition coefficient (Wildman–Crippen LogP) is 7.04. The second-order valence-electron chi connectivity index (χ2n) is 5.32. The summed E-state index contributed by atoms with van der Waals surface area (Å²) in [5.41, 5.74) is 1.70.